The van der Waals surface area contributed by atoms with Gasteiger partial charge in [0.1, 0.15) is 0 Å². The van der Waals surface area contributed by atoms with Crippen LogP contribution in [0, 0.1) is 34.6 Å². The van der Waals surface area contributed by atoms with Crippen LogP contribution in [-0.2, 0) is 5.41 Å². The van der Waals surface area contributed by atoms with Crippen LogP contribution in [0.25, 0.3) is 66.4 Å². The molecule has 0 heterocycles. The van der Waals surface area contributed by atoms with Crippen LogP contribution < -0.4 is 0 Å². The van der Waals surface area contributed by atoms with Gasteiger partial charge in [0.15, 0.2) is 0 Å². The molecule has 12 rings (SSSR count). The molecule has 0 saturated carbocycles. The third kappa shape index (κ3) is 7.16. The molecule has 10 aromatic carbocycles. The van der Waals surface area contributed by atoms with E-state index in [1.807, 2.05) is 6.07 Å². The number of fused-ring (bicyclic) bond motifs is 12. The van der Waals surface area contributed by atoms with Crippen LogP contribution in [0.15, 0.2) is 224 Å². The van der Waals surface area contributed by atoms with Crippen molar-refractivity contribution in [1.82, 2.24) is 0 Å². The molecule has 0 aliphatic heterocycles. The molecule has 64 heavy (non-hydrogen) atoms. The van der Waals surface area contributed by atoms with Gasteiger partial charge in [-0.1, -0.05) is 235 Å². The standard InChI is InChI=1S/C30H20.C21H20.C13H12/c1-19-14-16-24-28(18-19)30(27-17-15-20-8-2-3-9-21(20)29(24)27)25-12-6-4-10-22(25)23-11-5-7-13-26(23)30;1-15-8-11-18(12-9-15)19-13-10-17(3)21(14-19)20-7-5-4-6-16(20)2;1-11-7-9-13(10-8-11)12-5-3-2-4-6-12/h2-18H,1H3;4-14H,1-3H3;2-10H,1H3. The van der Waals surface area contributed by atoms with E-state index < -0.39 is 0 Å². The van der Waals surface area contributed by atoms with Crippen molar-refractivity contribution in [3.63, 3.8) is 0 Å². The van der Waals surface area contributed by atoms with Crippen molar-refractivity contribution in [2.24, 2.45) is 0 Å². The minimum absolute atomic E-state index is 0.242. The third-order valence-corrected chi connectivity index (χ3v) is 13.4. The van der Waals surface area contributed by atoms with Gasteiger partial charge in [0, 0.05) is 0 Å². The predicted octanol–water partition coefficient (Wildman–Crippen LogP) is 17.1. The Labute approximate surface area is 379 Å². The molecule has 0 amide bonds. The zero-order valence-electron chi connectivity index (χ0n) is 37.4. The Balaban J connectivity index is 0.000000124. The average molecular weight is 821 g/mol. The Morgan fingerprint density at radius 3 is 1.42 bits per heavy atom. The van der Waals surface area contributed by atoms with Gasteiger partial charge < -0.3 is 0 Å². The van der Waals surface area contributed by atoms with Gasteiger partial charge in [-0.2, -0.15) is 0 Å². The van der Waals surface area contributed by atoms with E-state index in [1.165, 1.54) is 116 Å². The molecule has 2 aliphatic carbocycles. The number of aryl methyl sites for hydroxylation is 5. The molecule has 0 aromatic heterocycles. The summed E-state index contributed by atoms with van der Waals surface area (Å²) in [4.78, 5) is 0. The fourth-order valence-corrected chi connectivity index (χ4v) is 10.1. The van der Waals surface area contributed by atoms with E-state index >= 15 is 0 Å². The summed E-state index contributed by atoms with van der Waals surface area (Å²) >= 11 is 0. The average Bonchev–Trinajstić information content (AvgIpc) is 3.80. The van der Waals surface area contributed by atoms with Gasteiger partial charge >= 0.3 is 0 Å². The highest BCUT2D eigenvalue weighted by Crippen LogP contribution is 2.63. The smallest absolute Gasteiger partial charge is 0.0622 e. The molecule has 0 atom stereocenters. The highest BCUT2D eigenvalue weighted by atomic mass is 14.5. The van der Waals surface area contributed by atoms with Crippen LogP contribution in [0.1, 0.15) is 50.1 Å². The van der Waals surface area contributed by atoms with Crippen molar-refractivity contribution in [2.75, 3.05) is 0 Å². The van der Waals surface area contributed by atoms with Crippen molar-refractivity contribution in [2.45, 2.75) is 40.0 Å². The molecule has 0 N–H and O–H groups in total. The maximum absolute atomic E-state index is 2.42. The van der Waals surface area contributed by atoms with Crippen LogP contribution in [0.2, 0.25) is 0 Å². The van der Waals surface area contributed by atoms with Crippen molar-refractivity contribution in [1.29, 1.82) is 0 Å². The van der Waals surface area contributed by atoms with Crippen LogP contribution in [0.3, 0.4) is 0 Å². The summed E-state index contributed by atoms with van der Waals surface area (Å²) in [5.41, 5.74) is 25.2. The minimum atomic E-state index is -0.242. The number of hydrogen-bond donors (Lipinski definition) is 0. The number of hydrogen-bond acceptors (Lipinski definition) is 0. The summed E-state index contributed by atoms with van der Waals surface area (Å²) in [6.45, 7) is 10.8. The second-order valence-electron chi connectivity index (χ2n) is 17.5. The third-order valence-electron chi connectivity index (χ3n) is 13.4. The highest BCUT2D eigenvalue weighted by Gasteiger charge is 2.51. The van der Waals surface area contributed by atoms with E-state index in [2.05, 4.69) is 253 Å². The topological polar surface area (TPSA) is 0 Å². The molecule has 1 spiro atoms. The van der Waals surface area contributed by atoms with E-state index in [1.54, 1.807) is 0 Å². The van der Waals surface area contributed by atoms with E-state index in [0.717, 1.165) is 0 Å². The predicted molar refractivity (Wildman–Crippen MR) is 273 cm³/mol. The lowest BCUT2D eigenvalue weighted by Gasteiger charge is -2.30. The monoisotopic (exact) mass is 820 g/mol. The molecule has 0 heteroatoms. The van der Waals surface area contributed by atoms with Crippen molar-refractivity contribution in [3.05, 3.63) is 275 Å². The Hall–Kier alpha value is -7.54. The molecule has 0 radical (unpaired) electrons. The number of benzene rings is 10. The lowest BCUT2D eigenvalue weighted by atomic mass is 9.70. The first-order valence-electron chi connectivity index (χ1n) is 22.5. The molecule has 10 aromatic rings. The minimum Gasteiger partial charge on any atom is -0.0622 e. The quantitative estimate of drug-likeness (QED) is 0.167. The van der Waals surface area contributed by atoms with Crippen LogP contribution >= 0.6 is 0 Å². The lowest BCUT2D eigenvalue weighted by Crippen LogP contribution is -2.25. The normalized spacial score (nSPS) is 12.3. The summed E-state index contributed by atoms with van der Waals surface area (Å²) in [5.74, 6) is 0. The van der Waals surface area contributed by atoms with Gasteiger partial charge in [-0.25, -0.2) is 0 Å². The Bertz CT molecular complexity index is 3250. The Morgan fingerprint density at radius 1 is 0.266 bits per heavy atom. The molecule has 0 bridgehead atoms. The van der Waals surface area contributed by atoms with Gasteiger partial charge in [-0.15, -0.1) is 0 Å². The molecule has 0 fully saturated rings. The maximum atomic E-state index is 2.42. The zero-order chi connectivity index (χ0) is 43.8. The second kappa shape index (κ2) is 17.0. The summed E-state index contributed by atoms with van der Waals surface area (Å²) < 4.78 is 0. The first kappa shape index (κ1) is 40.5. The van der Waals surface area contributed by atoms with Gasteiger partial charge in [-0.05, 0) is 140 Å². The van der Waals surface area contributed by atoms with Crippen molar-refractivity contribution >= 4 is 10.8 Å². The molecule has 308 valence electrons. The summed E-state index contributed by atoms with van der Waals surface area (Å²) in [6.07, 6.45) is 0. The fraction of sp³-hybridized carbons (Fsp3) is 0.0938. The zero-order valence-corrected chi connectivity index (χ0v) is 37.4. The van der Waals surface area contributed by atoms with Gasteiger partial charge in [0.2, 0.25) is 0 Å². The largest absolute Gasteiger partial charge is 0.0725 e. The number of rotatable bonds is 3. The van der Waals surface area contributed by atoms with E-state index in [-0.39, 0.29) is 5.41 Å². The molecule has 0 unspecified atom stereocenters. The summed E-state index contributed by atoms with van der Waals surface area (Å²) in [6, 6.07) is 81.6. The van der Waals surface area contributed by atoms with Gasteiger partial charge in [0.25, 0.3) is 0 Å². The summed E-state index contributed by atoms with van der Waals surface area (Å²) in [7, 11) is 0. The van der Waals surface area contributed by atoms with Crippen molar-refractivity contribution in [3.8, 4) is 55.6 Å². The van der Waals surface area contributed by atoms with E-state index in [9.17, 15) is 0 Å². The highest BCUT2D eigenvalue weighted by molar-refractivity contribution is 6.06. The van der Waals surface area contributed by atoms with Crippen LogP contribution in [0.4, 0.5) is 0 Å². The molecule has 0 nitrogen and oxygen atoms in total. The van der Waals surface area contributed by atoms with Crippen molar-refractivity contribution < 1.29 is 0 Å². The summed E-state index contributed by atoms with van der Waals surface area (Å²) in [5, 5.41) is 2.65. The van der Waals surface area contributed by atoms with Crippen LogP contribution in [0.5, 0.6) is 0 Å². The fourth-order valence-electron chi connectivity index (χ4n) is 10.1. The first-order chi connectivity index (χ1) is 31.3. The molecule has 0 saturated heterocycles. The Kier molecular flexibility index (Phi) is 10.7. The van der Waals surface area contributed by atoms with Gasteiger partial charge in [-0.3, -0.25) is 0 Å². The first-order valence-corrected chi connectivity index (χ1v) is 22.5. The molecule has 2 aliphatic rings. The SMILES string of the molecule is Cc1ccc(-c2ccc(C)c(-c3ccccc3C)c2)cc1.Cc1ccc(-c2ccccc2)cc1.Cc1ccc2c(c1)C1(c3ccccc3-c3ccccc31)c1ccc3ccccc3c1-2. The van der Waals surface area contributed by atoms with Gasteiger partial charge in [0.05, 0.1) is 5.41 Å². The Morgan fingerprint density at radius 2 is 0.766 bits per heavy atom. The molecular weight excluding hydrogens is 769 g/mol. The molecular formula is C64H52. The lowest BCUT2D eigenvalue weighted by molar-refractivity contribution is 0.793. The maximum Gasteiger partial charge on any atom is 0.0725 e. The van der Waals surface area contributed by atoms with E-state index in [0.29, 0.717) is 0 Å². The van der Waals surface area contributed by atoms with Crippen LogP contribution in [-0.4, -0.2) is 0 Å². The van der Waals surface area contributed by atoms with E-state index in [4.69, 9.17) is 0 Å². The second-order valence-corrected chi connectivity index (χ2v) is 17.5.